The van der Waals surface area contributed by atoms with Crippen LogP contribution in [0.4, 0.5) is 26.2 Å². The summed E-state index contributed by atoms with van der Waals surface area (Å²) < 4.78 is 32.3. The maximum absolute atomic E-state index is 14.5. The van der Waals surface area contributed by atoms with Gasteiger partial charge in [0.05, 0.1) is 40.2 Å². The molecule has 0 spiro atoms. The van der Waals surface area contributed by atoms with Gasteiger partial charge in [-0.05, 0) is 52.0 Å². The van der Waals surface area contributed by atoms with Crippen LogP contribution in [0.2, 0.25) is 0 Å². The van der Waals surface area contributed by atoms with Crippen LogP contribution in [0.1, 0.15) is 43.6 Å². The number of aliphatic imine (C=N–C) groups is 1. The number of fused-ring (bicyclic) bond motifs is 1. The first-order valence-corrected chi connectivity index (χ1v) is 14.7. The van der Waals surface area contributed by atoms with Crippen LogP contribution in [-0.2, 0) is 15.5 Å². The van der Waals surface area contributed by atoms with E-state index in [-0.39, 0.29) is 33.7 Å². The molecule has 3 aromatic rings. The number of ether oxygens (including phenoxy) is 1. The number of carbonyl (C=O) groups excluding carboxylic acids is 2. The van der Waals surface area contributed by atoms with E-state index in [2.05, 4.69) is 26.9 Å². The number of nitrogens with zero attached hydrogens (tertiary/aromatic N) is 5. The fourth-order valence-corrected chi connectivity index (χ4v) is 5.14. The molecule has 0 saturated carbocycles. The van der Waals surface area contributed by atoms with Crippen molar-refractivity contribution >= 4 is 57.0 Å². The molecule has 0 radical (unpaired) electrons. The first-order chi connectivity index (χ1) is 19.7. The number of amides is 2. The molecule has 42 heavy (non-hydrogen) atoms. The Morgan fingerprint density at radius 2 is 2.02 bits per heavy atom. The first-order valence-electron chi connectivity index (χ1n) is 13.1. The first kappa shape index (κ1) is 30.6. The Morgan fingerprint density at radius 3 is 2.64 bits per heavy atom. The normalized spacial score (nSPS) is 16.6. The van der Waals surface area contributed by atoms with Crippen LogP contribution in [0.3, 0.4) is 0 Å². The van der Waals surface area contributed by atoms with E-state index in [1.165, 1.54) is 31.8 Å². The van der Waals surface area contributed by atoms with Gasteiger partial charge in [-0.25, -0.2) is 19.2 Å². The highest BCUT2D eigenvalue weighted by atomic mass is 32.2. The number of carbonyl (C=O) groups is 2. The second kappa shape index (κ2) is 11.8. The number of halogens is 1. The molecule has 2 amide bonds. The van der Waals surface area contributed by atoms with Gasteiger partial charge >= 0.3 is 6.09 Å². The van der Waals surface area contributed by atoms with Crippen LogP contribution in [0.5, 0.6) is 0 Å². The monoisotopic (exact) mass is 595 g/mol. The van der Waals surface area contributed by atoms with Gasteiger partial charge in [-0.1, -0.05) is 6.58 Å². The van der Waals surface area contributed by atoms with Gasteiger partial charge in [0.2, 0.25) is 5.16 Å². The van der Waals surface area contributed by atoms with Gasteiger partial charge in [-0.3, -0.25) is 18.9 Å². The Labute approximate surface area is 246 Å². The van der Waals surface area contributed by atoms with Crippen LogP contribution < -0.4 is 16.0 Å². The van der Waals surface area contributed by atoms with Crippen molar-refractivity contribution < 1.29 is 22.9 Å². The van der Waals surface area contributed by atoms with Crippen molar-refractivity contribution in [2.24, 2.45) is 4.99 Å². The van der Waals surface area contributed by atoms with Crippen molar-refractivity contribution in [2.75, 3.05) is 42.3 Å². The van der Waals surface area contributed by atoms with Gasteiger partial charge < -0.3 is 20.7 Å². The molecule has 222 valence electrons. The zero-order valence-electron chi connectivity index (χ0n) is 24.4. The summed E-state index contributed by atoms with van der Waals surface area (Å²) >= 11 is 0. The molecule has 11 nitrogen and oxygen atoms in total. The Bertz CT molecular complexity index is 1640. The quantitative estimate of drug-likeness (QED) is 0.252. The van der Waals surface area contributed by atoms with Gasteiger partial charge in [0.1, 0.15) is 11.4 Å². The van der Waals surface area contributed by atoms with E-state index in [1.807, 2.05) is 11.8 Å². The molecular weight excluding hydrogens is 561 g/mol. The molecule has 3 N–H and O–H groups in total. The number of rotatable bonds is 5. The summed E-state index contributed by atoms with van der Waals surface area (Å²) in [6.07, 6.45) is 3.89. The number of nitrogens with two attached hydrogens (primary N) is 1. The summed E-state index contributed by atoms with van der Waals surface area (Å²) in [6, 6.07) is 5.71. The highest BCUT2D eigenvalue weighted by Crippen LogP contribution is 2.33. The summed E-state index contributed by atoms with van der Waals surface area (Å²) in [5.41, 5.74) is 7.23. The number of nitrogen functional groups attached to an aromatic ring is 1. The number of hydrogen-bond donors (Lipinski definition) is 2. The number of anilines is 3. The fourth-order valence-electron chi connectivity index (χ4n) is 4.72. The van der Waals surface area contributed by atoms with E-state index in [9.17, 15) is 18.2 Å². The maximum atomic E-state index is 14.5. The van der Waals surface area contributed by atoms with Crippen LogP contribution in [0.15, 0.2) is 52.9 Å². The molecule has 1 fully saturated rings. The summed E-state index contributed by atoms with van der Waals surface area (Å²) in [6.45, 7) is 12.2. The molecule has 2 unspecified atom stereocenters. The van der Waals surface area contributed by atoms with Crippen molar-refractivity contribution in [1.82, 2.24) is 14.9 Å². The summed E-state index contributed by atoms with van der Waals surface area (Å²) in [5.74, 6) is -1.26. The average Bonchev–Trinajstić information content (AvgIpc) is 2.89. The second-order valence-corrected chi connectivity index (χ2v) is 12.2. The van der Waals surface area contributed by atoms with Gasteiger partial charge in [-0.2, -0.15) is 0 Å². The third-order valence-corrected chi connectivity index (χ3v) is 7.18. The predicted octanol–water partition coefficient (Wildman–Crippen LogP) is 4.35. The molecule has 1 aromatic heterocycles. The second-order valence-electron chi connectivity index (χ2n) is 10.9. The lowest BCUT2D eigenvalue weighted by atomic mass is 10.0. The largest absolute Gasteiger partial charge is 0.443 e. The molecule has 1 saturated heterocycles. The smallest absolute Gasteiger partial charge is 0.414 e. The third kappa shape index (κ3) is 6.40. The summed E-state index contributed by atoms with van der Waals surface area (Å²) in [4.78, 5) is 42.5. The molecule has 0 aliphatic carbocycles. The van der Waals surface area contributed by atoms with E-state index >= 15 is 0 Å². The summed E-state index contributed by atoms with van der Waals surface area (Å²) in [5, 5.41) is 3.29. The van der Waals surface area contributed by atoms with Crippen LogP contribution >= 0.6 is 0 Å². The average molecular weight is 596 g/mol. The van der Waals surface area contributed by atoms with Crippen LogP contribution in [-0.4, -0.2) is 75.3 Å². The van der Waals surface area contributed by atoms with Crippen LogP contribution in [0.25, 0.3) is 10.9 Å². The molecule has 0 bridgehead atoms. The predicted molar refractivity (Wildman–Crippen MR) is 163 cm³/mol. The zero-order valence-corrected chi connectivity index (χ0v) is 25.2. The highest BCUT2D eigenvalue weighted by Gasteiger charge is 2.34. The van der Waals surface area contributed by atoms with Gasteiger partial charge in [-0.15, -0.1) is 0 Å². The fraction of sp³-hybridized carbons (Fsp3) is 0.345. The molecule has 1 aliphatic rings. The zero-order chi connectivity index (χ0) is 30.9. The SMILES string of the molecule is C=C1CN(c2ccc(C(=O)Nc3cc(F)c(N)c(C=NC)c3)c3nc(S(C)=O)ncc23)CC(C)N1C(=O)OC(C)(C)C. The Hall–Kier alpha value is -4.39. The van der Waals surface area contributed by atoms with Crippen molar-refractivity contribution in [3.8, 4) is 0 Å². The molecule has 1 aliphatic heterocycles. The van der Waals surface area contributed by atoms with Gasteiger partial charge in [0, 0.05) is 60.3 Å². The lowest BCUT2D eigenvalue weighted by Gasteiger charge is -2.42. The Morgan fingerprint density at radius 1 is 1.31 bits per heavy atom. The standard InChI is InChI=1S/C29H34FN7O4S/c1-16-14-36(15-17(2)37(16)28(39)41-29(3,4)5)23-9-8-20(25-21(23)13-33-27(35-25)42(7)40)26(38)34-19-10-18(12-32-6)24(31)22(30)11-19/h8-13,17H,1,14-15,31H2,2-7H3,(H,34,38). The van der Waals surface area contributed by atoms with E-state index in [0.717, 1.165) is 6.07 Å². The van der Waals surface area contributed by atoms with E-state index < -0.39 is 34.2 Å². The Balaban J connectivity index is 1.71. The minimum Gasteiger partial charge on any atom is -0.443 e. The van der Waals surface area contributed by atoms with Crippen LogP contribution in [0, 0.1) is 5.82 Å². The number of nitrogens with one attached hydrogen (secondary N) is 1. The number of benzene rings is 2. The van der Waals surface area contributed by atoms with E-state index in [1.54, 1.807) is 37.8 Å². The topological polar surface area (TPSA) is 143 Å². The minimum atomic E-state index is -1.51. The molecule has 2 aromatic carbocycles. The van der Waals surface area contributed by atoms with Crippen molar-refractivity contribution in [3.63, 3.8) is 0 Å². The number of hydrogen-bond acceptors (Lipinski definition) is 9. The van der Waals surface area contributed by atoms with Crippen molar-refractivity contribution in [1.29, 1.82) is 0 Å². The number of aromatic nitrogens is 2. The van der Waals surface area contributed by atoms with Gasteiger partial charge in [0.15, 0.2) is 0 Å². The molecule has 4 rings (SSSR count). The highest BCUT2D eigenvalue weighted by molar-refractivity contribution is 7.84. The minimum absolute atomic E-state index is 0.0567. The molecule has 13 heteroatoms. The third-order valence-electron chi connectivity index (χ3n) is 6.47. The molecular formula is C29H34FN7O4S. The maximum Gasteiger partial charge on any atom is 0.414 e. The van der Waals surface area contributed by atoms with Gasteiger partial charge in [0.25, 0.3) is 5.91 Å². The molecule has 2 heterocycles. The van der Waals surface area contributed by atoms with E-state index in [0.29, 0.717) is 35.4 Å². The number of piperazine rings is 1. The lowest BCUT2D eigenvalue weighted by molar-refractivity contribution is 0.0238. The van der Waals surface area contributed by atoms with Crippen molar-refractivity contribution in [3.05, 3.63) is 59.7 Å². The lowest BCUT2D eigenvalue weighted by Crippen LogP contribution is -2.53. The Kier molecular flexibility index (Phi) is 8.62. The van der Waals surface area contributed by atoms with Crippen molar-refractivity contribution in [2.45, 2.75) is 44.5 Å². The molecule has 2 atom stereocenters. The van der Waals surface area contributed by atoms with E-state index in [4.69, 9.17) is 10.5 Å². The summed E-state index contributed by atoms with van der Waals surface area (Å²) in [7, 11) is 0.0117.